The molecule has 0 aromatic heterocycles. The van der Waals surface area contributed by atoms with E-state index in [1.165, 1.54) is 40.1 Å². The molecule has 2 aromatic rings. The zero-order chi connectivity index (χ0) is 22.9. The van der Waals surface area contributed by atoms with Crippen LogP contribution >= 0.6 is 0 Å². The van der Waals surface area contributed by atoms with Gasteiger partial charge in [0.25, 0.3) is 0 Å². The molecule has 10 heteroatoms. The Balaban J connectivity index is 1.31. The Morgan fingerprint density at radius 2 is 1.56 bits per heavy atom. The summed E-state index contributed by atoms with van der Waals surface area (Å²) in [5.74, 6) is -0.597. The SMILES string of the molecule is O=C(CN1CCN(c2ccc(F)cc2)C1=O)N1CCN(c2cccc(C(F)(F)F)c2)CC1. The van der Waals surface area contributed by atoms with Gasteiger partial charge in [-0.3, -0.25) is 9.69 Å². The Morgan fingerprint density at radius 1 is 0.875 bits per heavy atom. The van der Waals surface area contributed by atoms with Gasteiger partial charge in [0, 0.05) is 50.6 Å². The summed E-state index contributed by atoms with van der Waals surface area (Å²) in [5.41, 5.74) is 0.337. The van der Waals surface area contributed by atoms with Crippen molar-refractivity contribution < 1.29 is 27.2 Å². The van der Waals surface area contributed by atoms with Gasteiger partial charge >= 0.3 is 12.2 Å². The number of carbonyl (C=O) groups is 2. The first-order valence-corrected chi connectivity index (χ1v) is 10.2. The van der Waals surface area contributed by atoms with Gasteiger partial charge in [0.15, 0.2) is 0 Å². The third-order valence-corrected chi connectivity index (χ3v) is 5.73. The summed E-state index contributed by atoms with van der Waals surface area (Å²) >= 11 is 0. The summed E-state index contributed by atoms with van der Waals surface area (Å²) in [5, 5.41) is 0. The van der Waals surface area contributed by atoms with Crippen LogP contribution in [0.25, 0.3) is 0 Å². The molecule has 170 valence electrons. The Kier molecular flexibility index (Phi) is 5.94. The second kappa shape index (κ2) is 8.68. The Hall–Kier alpha value is -3.30. The minimum absolute atomic E-state index is 0.0694. The molecule has 0 unspecified atom stereocenters. The van der Waals surface area contributed by atoms with Crippen LogP contribution in [0.1, 0.15) is 5.56 Å². The lowest BCUT2D eigenvalue weighted by Gasteiger charge is -2.37. The van der Waals surface area contributed by atoms with E-state index in [1.54, 1.807) is 11.0 Å². The van der Waals surface area contributed by atoms with Crippen molar-refractivity contribution in [2.24, 2.45) is 0 Å². The minimum atomic E-state index is -4.40. The summed E-state index contributed by atoms with van der Waals surface area (Å²) < 4.78 is 52.0. The molecule has 0 aliphatic carbocycles. The van der Waals surface area contributed by atoms with Crippen molar-refractivity contribution >= 4 is 23.3 Å². The highest BCUT2D eigenvalue weighted by Crippen LogP contribution is 2.32. The number of piperazine rings is 1. The second-order valence-electron chi connectivity index (χ2n) is 7.75. The smallest absolute Gasteiger partial charge is 0.368 e. The van der Waals surface area contributed by atoms with E-state index in [-0.39, 0.29) is 18.5 Å². The molecule has 2 saturated heterocycles. The van der Waals surface area contributed by atoms with Crippen LogP contribution < -0.4 is 9.80 Å². The molecule has 2 heterocycles. The van der Waals surface area contributed by atoms with Gasteiger partial charge in [0.1, 0.15) is 12.4 Å². The van der Waals surface area contributed by atoms with E-state index in [4.69, 9.17) is 0 Å². The summed E-state index contributed by atoms with van der Waals surface area (Å²) in [4.78, 5) is 31.7. The number of alkyl halides is 3. The first-order chi connectivity index (χ1) is 15.2. The first kappa shape index (κ1) is 21.9. The highest BCUT2D eigenvalue weighted by molar-refractivity contribution is 5.96. The molecular weight excluding hydrogens is 428 g/mol. The van der Waals surface area contributed by atoms with E-state index >= 15 is 0 Å². The van der Waals surface area contributed by atoms with E-state index in [1.807, 2.05) is 4.90 Å². The number of hydrogen-bond donors (Lipinski definition) is 0. The fourth-order valence-electron chi connectivity index (χ4n) is 3.95. The normalized spacial score (nSPS) is 17.3. The van der Waals surface area contributed by atoms with Crippen molar-refractivity contribution in [3.8, 4) is 0 Å². The van der Waals surface area contributed by atoms with Gasteiger partial charge in [0.05, 0.1) is 5.56 Å². The molecular formula is C22H22F4N4O2. The Bertz CT molecular complexity index is 988. The van der Waals surface area contributed by atoms with Gasteiger partial charge in [-0.2, -0.15) is 13.2 Å². The maximum Gasteiger partial charge on any atom is 0.416 e. The van der Waals surface area contributed by atoms with Crippen molar-refractivity contribution in [1.82, 2.24) is 9.80 Å². The highest BCUT2D eigenvalue weighted by Gasteiger charge is 2.33. The fraction of sp³-hybridized carbons (Fsp3) is 0.364. The highest BCUT2D eigenvalue weighted by atomic mass is 19.4. The van der Waals surface area contributed by atoms with Crippen LogP contribution in [0.2, 0.25) is 0 Å². The Morgan fingerprint density at radius 3 is 2.22 bits per heavy atom. The van der Waals surface area contributed by atoms with Crippen molar-refractivity contribution in [1.29, 1.82) is 0 Å². The number of rotatable bonds is 4. The summed E-state index contributed by atoms with van der Waals surface area (Å²) in [6.45, 7) is 2.25. The molecule has 6 nitrogen and oxygen atoms in total. The lowest BCUT2D eigenvalue weighted by Crippen LogP contribution is -2.51. The van der Waals surface area contributed by atoms with Gasteiger partial charge in [0.2, 0.25) is 5.91 Å². The van der Waals surface area contributed by atoms with Crippen molar-refractivity contribution in [2.45, 2.75) is 6.18 Å². The minimum Gasteiger partial charge on any atom is -0.368 e. The molecule has 32 heavy (non-hydrogen) atoms. The molecule has 4 rings (SSSR count). The molecule has 2 fully saturated rings. The molecule has 0 spiro atoms. The molecule has 2 aliphatic rings. The van der Waals surface area contributed by atoms with Crippen molar-refractivity contribution in [3.05, 3.63) is 59.9 Å². The van der Waals surface area contributed by atoms with E-state index < -0.39 is 17.6 Å². The molecule has 0 atom stereocenters. The summed E-state index contributed by atoms with van der Waals surface area (Å²) in [7, 11) is 0. The zero-order valence-electron chi connectivity index (χ0n) is 17.2. The predicted molar refractivity (Wildman–Crippen MR) is 111 cm³/mol. The van der Waals surface area contributed by atoms with Crippen LogP contribution in [0.5, 0.6) is 0 Å². The monoisotopic (exact) mass is 450 g/mol. The molecule has 0 N–H and O–H groups in total. The lowest BCUT2D eigenvalue weighted by molar-refractivity contribution is -0.137. The Labute approximate surface area is 182 Å². The molecule has 2 aromatic carbocycles. The number of halogens is 4. The van der Waals surface area contributed by atoms with Gasteiger partial charge in [-0.05, 0) is 42.5 Å². The molecule has 2 aliphatic heterocycles. The zero-order valence-corrected chi connectivity index (χ0v) is 17.2. The summed E-state index contributed by atoms with van der Waals surface area (Å²) in [6.07, 6.45) is -4.40. The number of benzene rings is 2. The first-order valence-electron chi connectivity index (χ1n) is 10.2. The third kappa shape index (κ3) is 4.63. The maximum absolute atomic E-state index is 13.1. The van der Waals surface area contributed by atoms with E-state index in [9.17, 15) is 27.2 Å². The van der Waals surface area contributed by atoms with Crippen LogP contribution in [-0.4, -0.2) is 67.6 Å². The maximum atomic E-state index is 13.1. The third-order valence-electron chi connectivity index (χ3n) is 5.73. The van der Waals surface area contributed by atoms with Crippen molar-refractivity contribution in [3.63, 3.8) is 0 Å². The van der Waals surface area contributed by atoms with E-state index in [0.29, 0.717) is 50.6 Å². The average molecular weight is 450 g/mol. The van der Waals surface area contributed by atoms with Crippen LogP contribution in [-0.2, 0) is 11.0 Å². The van der Waals surface area contributed by atoms with E-state index in [2.05, 4.69) is 0 Å². The number of hydrogen-bond acceptors (Lipinski definition) is 3. The van der Waals surface area contributed by atoms with Gasteiger partial charge in [-0.15, -0.1) is 0 Å². The van der Waals surface area contributed by atoms with Gasteiger partial charge < -0.3 is 14.7 Å². The fourth-order valence-corrected chi connectivity index (χ4v) is 3.95. The number of urea groups is 1. The van der Waals surface area contributed by atoms with Crippen LogP contribution in [0.4, 0.5) is 33.7 Å². The standard InChI is InChI=1S/C22H22F4N4O2/c23-17-4-6-18(7-5-17)30-13-12-29(21(30)32)15-20(31)28-10-8-27(9-11-28)19-3-1-2-16(14-19)22(24,25)26/h1-7,14H,8-13,15H2. The van der Waals surface area contributed by atoms with Crippen LogP contribution in [0, 0.1) is 5.82 Å². The van der Waals surface area contributed by atoms with Crippen LogP contribution in [0.3, 0.4) is 0 Å². The number of amides is 3. The van der Waals surface area contributed by atoms with Crippen molar-refractivity contribution in [2.75, 3.05) is 55.6 Å². The lowest BCUT2D eigenvalue weighted by atomic mass is 10.1. The van der Waals surface area contributed by atoms with Gasteiger partial charge in [-0.25, -0.2) is 9.18 Å². The molecule has 0 bridgehead atoms. The topological polar surface area (TPSA) is 47.1 Å². The average Bonchev–Trinajstić information content (AvgIpc) is 3.14. The molecule has 0 radical (unpaired) electrons. The van der Waals surface area contributed by atoms with Gasteiger partial charge in [-0.1, -0.05) is 6.07 Å². The summed E-state index contributed by atoms with van der Waals surface area (Å²) in [6, 6.07) is 10.4. The number of carbonyl (C=O) groups excluding carboxylic acids is 2. The largest absolute Gasteiger partial charge is 0.416 e. The van der Waals surface area contributed by atoms with E-state index in [0.717, 1.165) is 12.1 Å². The number of anilines is 2. The molecule has 0 saturated carbocycles. The van der Waals surface area contributed by atoms with Crippen LogP contribution in [0.15, 0.2) is 48.5 Å². The quantitative estimate of drug-likeness (QED) is 0.671. The molecule has 3 amide bonds. The predicted octanol–water partition coefficient (Wildman–Crippen LogP) is 3.44. The second-order valence-corrected chi connectivity index (χ2v) is 7.75. The number of nitrogens with zero attached hydrogens (tertiary/aromatic N) is 4.